The highest BCUT2D eigenvalue weighted by molar-refractivity contribution is 6.00. The van der Waals surface area contributed by atoms with Gasteiger partial charge in [-0.15, -0.1) is 0 Å². The molecule has 1 aliphatic carbocycles. The highest BCUT2D eigenvalue weighted by Crippen LogP contribution is 2.51. The molecule has 2 fully saturated rings. The van der Waals surface area contributed by atoms with Crippen molar-refractivity contribution in [1.82, 2.24) is 24.1 Å². The Balaban J connectivity index is 1.27. The zero-order chi connectivity index (χ0) is 22.8. The molecule has 0 unspecified atom stereocenters. The number of carboxylic acid groups (broad SMARTS) is 1. The molecule has 0 radical (unpaired) electrons. The quantitative estimate of drug-likeness (QED) is 0.665. The number of amides is 2. The van der Waals surface area contributed by atoms with E-state index in [0.29, 0.717) is 43.3 Å². The standard InChI is InChI=1S/C20H19F3N6O3/c1-26-2-3-28-16(26)15(9-25-28)17(30)27-10-19(11-27)5-14(6-19)29(18(31)32)13-4-12(7-24-8-13)20(21,22)23/h2-4,7-9,14H,5-6,10-11H2,1H3,(H,31,32). The van der Waals surface area contributed by atoms with Crippen molar-refractivity contribution in [1.29, 1.82) is 0 Å². The van der Waals surface area contributed by atoms with Crippen molar-refractivity contribution in [2.75, 3.05) is 18.0 Å². The Labute approximate surface area is 179 Å². The van der Waals surface area contributed by atoms with E-state index in [1.54, 1.807) is 21.8 Å². The fraction of sp³-hybridized carbons (Fsp3) is 0.400. The number of hydrogen-bond donors (Lipinski definition) is 1. The molecular formula is C20H19F3N6O3. The lowest BCUT2D eigenvalue weighted by Gasteiger charge is -2.60. The van der Waals surface area contributed by atoms with Gasteiger partial charge in [-0.05, 0) is 18.9 Å². The Bertz CT molecular complexity index is 1220. The highest BCUT2D eigenvalue weighted by atomic mass is 19.4. The summed E-state index contributed by atoms with van der Waals surface area (Å²) in [6, 6.07) is 0.333. The molecule has 3 aromatic rings. The van der Waals surface area contributed by atoms with Gasteiger partial charge in [0, 0.05) is 50.2 Å². The fourth-order valence-corrected chi connectivity index (χ4v) is 4.85. The summed E-state index contributed by atoms with van der Waals surface area (Å²) in [6.45, 7) is 0.941. The molecule has 1 saturated heterocycles. The molecule has 0 atom stereocenters. The summed E-state index contributed by atoms with van der Waals surface area (Å²) in [4.78, 5) is 30.9. The molecule has 5 rings (SSSR count). The fourth-order valence-electron chi connectivity index (χ4n) is 4.85. The molecule has 9 nitrogen and oxygen atoms in total. The van der Waals surface area contributed by atoms with Crippen molar-refractivity contribution in [2.24, 2.45) is 12.5 Å². The lowest BCUT2D eigenvalue weighted by Crippen LogP contribution is -2.68. The van der Waals surface area contributed by atoms with Crippen LogP contribution >= 0.6 is 0 Å². The number of fused-ring (bicyclic) bond motifs is 1. The van der Waals surface area contributed by atoms with Gasteiger partial charge in [0.1, 0.15) is 11.2 Å². The molecule has 0 aromatic carbocycles. The molecule has 4 heterocycles. The summed E-state index contributed by atoms with van der Waals surface area (Å²) >= 11 is 0. The van der Waals surface area contributed by atoms with Gasteiger partial charge >= 0.3 is 12.3 Å². The molecule has 32 heavy (non-hydrogen) atoms. The molecule has 0 bridgehead atoms. The highest BCUT2D eigenvalue weighted by Gasteiger charge is 2.56. The Morgan fingerprint density at radius 3 is 2.56 bits per heavy atom. The minimum absolute atomic E-state index is 0.106. The molecule has 2 amide bonds. The number of alkyl halides is 3. The average Bonchev–Trinajstić information content (AvgIpc) is 3.24. The van der Waals surface area contributed by atoms with E-state index >= 15 is 0 Å². The minimum atomic E-state index is -4.61. The van der Waals surface area contributed by atoms with E-state index in [2.05, 4.69) is 10.1 Å². The monoisotopic (exact) mass is 448 g/mol. The Kier molecular flexibility index (Phi) is 4.27. The molecule has 3 aromatic heterocycles. The number of pyridine rings is 1. The Hall–Kier alpha value is -3.57. The number of aryl methyl sites for hydroxylation is 1. The van der Waals surface area contributed by atoms with Gasteiger partial charge in [-0.3, -0.25) is 14.7 Å². The third-order valence-corrected chi connectivity index (χ3v) is 6.34. The van der Waals surface area contributed by atoms with Gasteiger partial charge in [0.2, 0.25) is 0 Å². The van der Waals surface area contributed by atoms with Crippen molar-refractivity contribution < 1.29 is 27.9 Å². The van der Waals surface area contributed by atoms with Crippen LogP contribution in [0.15, 0.2) is 37.1 Å². The van der Waals surface area contributed by atoms with Crippen molar-refractivity contribution in [3.63, 3.8) is 0 Å². The summed E-state index contributed by atoms with van der Waals surface area (Å²) < 4.78 is 42.4. The third kappa shape index (κ3) is 3.09. The van der Waals surface area contributed by atoms with E-state index in [1.165, 1.54) is 6.20 Å². The third-order valence-electron chi connectivity index (χ3n) is 6.34. The van der Waals surface area contributed by atoms with Gasteiger partial charge < -0.3 is 14.6 Å². The largest absolute Gasteiger partial charge is 0.465 e. The first-order valence-electron chi connectivity index (χ1n) is 9.90. The first-order chi connectivity index (χ1) is 15.1. The number of carbonyl (C=O) groups excluding carboxylic acids is 1. The van der Waals surface area contributed by atoms with Gasteiger partial charge in [0.05, 0.1) is 23.6 Å². The minimum Gasteiger partial charge on any atom is -0.465 e. The number of imidazole rings is 1. The molecule has 168 valence electrons. The predicted octanol–water partition coefficient (Wildman–Crippen LogP) is 2.88. The van der Waals surface area contributed by atoms with E-state index in [9.17, 15) is 27.9 Å². The summed E-state index contributed by atoms with van der Waals surface area (Å²) in [5.41, 5.74) is -0.139. The zero-order valence-electron chi connectivity index (χ0n) is 17.0. The number of aromatic nitrogens is 4. The van der Waals surface area contributed by atoms with E-state index < -0.39 is 23.9 Å². The van der Waals surface area contributed by atoms with Crippen LogP contribution in [0.4, 0.5) is 23.7 Å². The van der Waals surface area contributed by atoms with Gasteiger partial charge in [-0.1, -0.05) is 0 Å². The lowest BCUT2D eigenvalue weighted by atomic mass is 9.60. The van der Waals surface area contributed by atoms with Crippen molar-refractivity contribution in [3.05, 3.63) is 48.2 Å². The lowest BCUT2D eigenvalue weighted by molar-refractivity contribution is -0.137. The van der Waals surface area contributed by atoms with Crippen LogP contribution in [0.3, 0.4) is 0 Å². The first kappa shape index (κ1) is 20.3. The number of halogens is 3. The second kappa shape index (κ2) is 6.71. The molecular weight excluding hydrogens is 429 g/mol. The van der Waals surface area contributed by atoms with Gasteiger partial charge in [0.15, 0.2) is 0 Å². The molecule has 1 N–H and O–H groups in total. The Morgan fingerprint density at radius 2 is 1.91 bits per heavy atom. The van der Waals surface area contributed by atoms with Crippen LogP contribution in [0, 0.1) is 5.41 Å². The molecule has 1 aliphatic heterocycles. The van der Waals surface area contributed by atoms with E-state index in [4.69, 9.17) is 0 Å². The van der Waals surface area contributed by atoms with Crippen LogP contribution in [-0.2, 0) is 13.2 Å². The number of hydrogen-bond acceptors (Lipinski definition) is 4. The number of anilines is 1. The SMILES string of the molecule is Cn1ccn2ncc(C(=O)N3CC4(CC(N(C(=O)O)c5cncc(C(F)(F)F)c5)C4)C3)c12. The maximum Gasteiger partial charge on any atom is 0.417 e. The van der Waals surface area contributed by atoms with E-state index in [0.717, 1.165) is 17.2 Å². The summed E-state index contributed by atoms with van der Waals surface area (Å²) in [5, 5.41) is 13.8. The number of nitrogens with zero attached hydrogens (tertiary/aromatic N) is 6. The van der Waals surface area contributed by atoms with Crippen LogP contribution in [0.2, 0.25) is 0 Å². The topological polar surface area (TPSA) is 96.0 Å². The normalized spacial score (nSPS) is 17.9. The predicted molar refractivity (Wildman–Crippen MR) is 105 cm³/mol. The van der Waals surface area contributed by atoms with Crippen LogP contribution in [0.1, 0.15) is 28.8 Å². The first-order valence-corrected chi connectivity index (χ1v) is 9.90. The van der Waals surface area contributed by atoms with Crippen LogP contribution in [0.5, 0.6) is 0 Å². The summed E-state index contributed by atoms with van der Waals surface area (Å²) in [7, 11) is 1.82. The average molecular weight is 448 g/mol. The van der Waals surface area contributed by atoms with Crippen LogP contribution in [0.25, 0.3) is 5.65 Å². The molecule has 1 spiro atoms. The smallest absolute Gasteiger partial charge is 0.417 e. The van der Waals surface area contributed by atoms with E-state index in [-0.39, 0.29) is 17.0 Å². The number of likely N-dealkylation sites (tertiary alicyclic amines) is 1. The van der Waals surface area contributed by atoms with Gasteiger partial charge in [-0.25, -0.2) is 9.31 Å². The van der Waals surface area contributed by atoms with Crippen LogP contribution in [-0.4, -0.2) is 60.3 Å². The summed E-state index contributed by atoms with van der Waals surface area (Å²) in [6.07, 6.45) is 1.86. The second-order valence-electron chi connectivity index (χ2n) is 8.54. The second-order valence-corrected chi connectivity index (χ2v) is 8.54. The van der Waals surface area contributed by atoms with Crippen molar-refractivity contribution >= 4 is 23.3 Å². The number of carbonyl (C=O) groups is 2. The molecule has 2 aliphatic rings. The maximum atomic E-state index is 13.0. The maximum absolute atomic E-state index is 13.0. The molecule has 12 heteroatoms. The zero-order valence-corrected chi connectivity index (χ0v) is 17.0. The van der Waals surface area contributed by atoms with Crippen LogP contribution < -0.4 is 4.90 Å². The van der Waals surface area contributed by atoms with Crippen molar-refractivity contribution in [3.8, 4) is 0 Å². The van der Waals surface area contributed by atoms with Gasteiger partial charge in [-0.2, -0.15) is 18.3 Å². The van der Waals surface area contributed by atoms with Gasteiger partial charge in [0.25, 0.3) is 5.91 Å². The van der Waals surface area contributed by atoms with E-state index in [1.807, 2.05) is 11.6 Å². The summed E-state index contributed by atoms with van der Waals surface area (Å²) in [5.74, 6) is -0.145. The molecule has 1 saturated carbocycles. The Morgan fingerprint density at radius 1 is 1.19 bits per heavy atom. The number of rotatable bonds is 3. The van der Waals surface area contributed by atoms with Crippen molar-refractivity contribution in [2.45, 2.75) is 25.1 Å².